The number of halogens is 1. The second-order valence-electron chi connectivity index (χ2n) is 9.16. The molecule has 1 heterocycles. The van der Waals surface area contributed by atoms with Crippen molar-refractivity contribution in [2.75, 3.05) is 0 Å². The van der Waals surface area contributed by atoms with E-state index in [0.717, 1.165) is 0 Å². The number of fused-ring (bicyclic) bond motifs is 4. The fraction of sp³-hybridized carbons (Fsp3) is 0.0294. The first-order chi connectivity index (χ1) is 17.4. The van der Waals surface area contributed by atoms with Crippen LogP contribution in [-0.2, 0) is 5.41 Å². The molecule has 166 valence electrons. The fourth-order valence-corrected chi connectivity index (χ4v) is 7.59. The average molecular weight is 558 g/mol. The van der Waals surface area contributed by atoms with Gasteiger partial charge in [0.2, 0.25) is 0 Å². The van der Waals surface area contributed by atoms with Gasteiger partial charge in [0.25, 0.3) is 0 Å². The molecule has 0 nitrogen and oxygen atoms in total. The molecule has 0 saturated carbocycles. The second-order valence-corrected chi connectivity index (χ2v) is 11.2. The molecule has 0 fully saturated rings. The molecule has 7 rings (SSSR count). The molecule has 0 N–H and O–H groups in total. The summed E-state index contributed by atoms with van der Waals surface area (Å²) in [6.07, 6.45) is 2.30. The van der Waals surface area contributed by atoms with Crippen molar-refractivity contribution in [2.45, 2.75) is 5.41 Å². The van der Waals surface area contributed by atoms with E-state index >= 15 is 0 Å². The molecule has 0 bridgehead atoms. The Morgan fingerprint density at radius 3 is 1.89 bits per heavy atom. The zero-order valence-electron chi connectivity index (χ0n) is 19.2. The van der Waals surface area contributed by atoms with Crippen LogP contribution < -0.4 is 0 Å². The van der Waals surface area contributed by atoms with Crippen LogP contribution in [0.4, 0.5) is 0 Å². The molecule has 1 aliphatic carbocycles. The highest BCUT2D eigenvalue weighted by Crippen LogP contribution is 2.56. The average Bonchev–Trinajstić information content (AvgIpc) is 3.24. The van der Waals surface area contributed by atoms with Crippen molar-refractivity contribution in [1.29, 1.82) is 0 Å². The third kappa shape index (κ3) is 3.15. The van der Waals surface area contributed by atoms with Gasteiger partial charge in [0, 0.05) is 0 Å². The summed E-state index contributed by atoms with van der Waals surface area (Å²) in [6, 6.07) is 45.0. The van der Waals surface area contributed by atoms with Gasteiger partial charge in [0.1, 0.15) is 0 Å². The van der Waals surface area contributed by atoms with Gasteiger partial charge < -0.3 is 0 Å². The molecule has 0 unspecified atom stereocenters. The number of hydrogen-bond donors (Lipinski definition) is 0. The summed E-state index contributed by atoms with van der Waals surface area (Å²) in [6.45, 7) is 0. The Labute approximate surface area is 216 Å². The molecule has 0 spiro atoms. The minimum atomic E-state index is -0.350. The SMILES string of the molecule is C1=Cc2cc(-c3ccc4c(c3)C(c3ccccc3)(c3ccccc3)c3ccccc3-4)ccc2C=I1. The zero-order chi connectivity index (χ0) is 23.2. The first-order valence-electron chi connectivity index (χ1n) is 12.0. The van der Waals surface area contributed by atoms with Gasteiger partial charge in [-0.05, 0) is 81.9 Å². The summed E-state index contributed by atoms with van der Waals surface area (Å²) in [7, 11) is 0. The van der Waals surface area contributed by atoms with Crippen molar-refractivity contribution in [3.8, 4) is 22.3 Å². The van der Waals surface area contributed by atoms with E-state index in [9.17, 15) is 0 Å². The lowest BCUT2D eigenvalue weighted by Gasteiger charge is -2.34. The van der Waals surface area contributed by atoms with Crippen LogP contribution in [0.5, 0.6) is 0 Å². The summed E-state index contributed by atoms with van der Waals surface area (Å²) in [5.74, 6) is 0. The lowest BCUT2D eigenvalue weighted by molar-refractivity contribution is 0.769. The van der Waals surface area contributed by atoms with E-state index in [4.69, 9.17) is 0 Å². The third-order valence-electron chi connectivity index (χ3n) is 7.37. The van der Waals surface area contributed by atoms with Crippen molar-refractivity contribution >= 4 is 30.8 Å². The van der Waals surface area contributed by atoms with Gasteiger partial charge in [-0.15, -0.1) is 0 Å². The first kappa shape index (κ1) is 20.8. The molecule has 5 aromatic rings. The highest BCUT2D eigenvalue weighted by Gasteiger charge is 2.45. The molecule has 1 aliphatic heterocycles. The summed E-state index contributed by atoms with van der Waals surface area (Å²) in [5, 5.41) is 0. The van der Waals surface area contributed by atoms with Crippen molar-refractivity contribution in [1.82, 2.24) is 0 Å². The second kappa shape index (κ2) is 8.28. The van der Waals surface area contributed by atoms with Gasteiger partial charge >= 0.3 is 0 Å². The van der Waals surface area contributed by atoms with Crippen LogP contribution in [0.1, 0.15) is 33.4 Å². The van der Waals surface area contributed by atoms with Gasteiger partial charge in [-0.3, -0.25) is 0 Å². The van der Waals surface area contributed by atoms with E-state index < -0.39 is 0 Å². The molecule has 5 aromatic carbocycles. The molecular formula is C34H23I. The Balaban J connectivity index is 1.54. The Hall–Kier alpha value is -3.56. The number of rotatable bonds is 3. The normalized spacial score (nSPS) is 14.5. The Morgan fingerprint density at radius 1 is 0.486 bits per heavy atom. The van der Waals surface area contributed by atoms with E-state index in [1.54, 1.807) is 0 Å². The molecule has 0 aromatic heterocycles. The van der Waals surface area contributed by atoms with Crippen LogP contribution in [0.2, 0.25) is 0 Å². The summed E-state index contributed by atoms with van der Waals surface area (Å²) in [5.41, 5.74) is 12.9. The number of benzene rings is 5. The highest BCUT2D eigenvalue weighted by molar-refractivity contribution is 14.2. The summed E-state index contributed by atoms with van der Waals surface area (Å²) >= 11 is 0.0584. The van der Waals surface area contributed by atoms with Crippen molar-refractivity contribution in [3.63, 3.8) is 0 Å². The monoisotopic (exact) mass is 558 g/mol. The van der Waals surface area contributed by atoms with Crippen molar-refractivity contribution in [2.24, 2.45) is 0 Å². The van der Waals surface area contributed by atoms with E-state index in [0.29, 0.717) is 0 Å². The molecule has 0 saturated heterocycles. The van der Waals surface area contributed by atoms with Gasteiger partial charge in [-0.1, -0.05) is 130 Å². The molecule has 0 radical (unpaired) electrons. The predicted octanol–water partition coefficient (Wildman–Crippen LogP) is 8.82. The zero-order valence-corrected chi connectivity index (χ0v) is 21.3. The molecule has 0 atom stereocenters. The predicted molar refractivity (Wildman–Crippen MR) is 157 cm³/mol. The van der Waals surface area contributed by atoms with E-state index in [1.165, 1.54) is 55.6 Å². The molecule has 0 amide bonds. The Kier molecular flexibility index (Phi) is 4.92. The summed E-state index contributed by atoms with van der Waals surface area (Å²) < 4.78 is 4.76. The van der Waals surface area contributed by atoms with Crippen LogP contribution >= 0.6 is 20.7 Å². The fourth-order valence-electron chi connectivity index (χ4n) is 5.83. The van der Waals surface area contributed by atoms with Crippen LogP contribution in [0.25, 0.3) is 28.3 Å². The molecule has 35 heavy (non-hydrogen) atoms. The van der Waals surface area contributed by atoms with E-state index in [1.807, 2.05) is 0 Å². The molecule has 2 aliphatic rings. The minimum absolute atomic E-state index is 0.0584. The Morgan fingerprint density at radius 2 is 1.11 bits per heavy atom. The lowest BCUT2D eigenvalue weighted by Crippen LogP contribution is -2.28. The van der Waals surface area contributed by atoms with E-state index in [2.05, 4.69) is 135 Å². The lowest BCUT2D eigenvalue weighted by atomic mass is 9.67. The minimum Gasteiger partial charge on any atom is -0.0931 e. The van der Waals surface area contributed by atoms with Crippen LogP contribution in [0.3, 0.4) is 0 Å². The van der Waals surface area contributed by atoms with Gasteiger partial charge in [0.15, 0.2) is 0 Å². The van der Waals surface area contributed by atoms with Crippen LogP contribution in [-0.4, -0.2) is 4.01 Å². The van der Waals surface area contributed by atoms with Gasteiger partial charge in [-0.2, -0.15) is 0 Å². The maximum Gasteiger partial charge on any atom is 0.0713 e. The highest BCUT2D eigenvalue weighted by atomic mass is 127. The number of hydrogen-bond acceptors (Lipinski definition) is 0. The third-order valence-corrected chi connectivity index (χ3v) is 9.18. The quantitative estimate of drug-likeness (QED) is 0.191. The standard InChI is InChI=1S/C34H23I/c1-3-9-28(10-4-1)34(29-11-5-2-6-12-29)32-14-8-7-13-30(32)31-18-17-25(22-33(31)34)24-15-16-27-23-35-20-19-26(27)21-24/h1-23H. The van der Waals surface area contributed by atoms with Crippen LogP contribution in [0, 0.1) is 0 Å². The van der Waals surface area contributed by atoms with Crippen molar-refractivity contribution < 1.29 is 0 Å². The summed E-state index contributed by atoms with van der Waals surface area (Å²) in [4.78, 5) is 0. The van der Waals surface area contributed by atoms with E-state index in [-0.39, 0.29) is 26.1 Å². The van der Waals surface area contributed by atoms with Gasteiger partial charge in [0.05, 0.1) is 5.41 Å². The smallest absolute Gasteiger partial charge is 0.0713 e. The maximum absolute atomic E-state index is 2.44. The Bertz CT molecular complexity index is 1590. The largest absolute Gasteiger partial charge is 0.0931 e. The van der Waals surface area contributed by atoms with Crippen LogP contribution in [0.15, 0.2) is 125 Å². The molecule has 1 heteroatoms. The van der Waals surface area contributed by atoms with Gasteiger partial charge in [-0.25, -0.2) is 0 Å². The van der Waals surface area contributed by atoms with Crippen molar-refractivity contribution in [3.05, 3.63) is 159 Å². The molecular weight excluding hydrogens is 535 g/mol. The first-order valence-corrected chi connectivity index (χ1v) is 14.5. The topological polar surface area (TPSA) is 0 Å². The maximum atomic E-state index is 2.44.